The van der Waals surface area contributed by atoms with E-state index in [1.807, 2.05) is 55.5 Å². The molecule has 0 saturated carbocycles. The monoisotopic (exact) mass is 452 g/mol. The first-order chi connectivity index (χ1) is 16.5. The lowest BCUT2D eigenvalue weighted by Gasteiger charge is -2.12. The summed E-state index contributed by atoms with van der Waals surface area (Å²) in [6.07, 6.45) is 1.79. The summed E-state index contributed by atoms with van der Waals surface area (Å²) >= 11 is 0. The van der Waals surface area contributed by atoms with Gasteiger partial charge in [-0.25, -0.2) is 9.78 Å². The van der Waals surface area contributed by atoms with Crippen molar-refractivity contribution in [2.24, 2.45) is 5.73 Å². The zero-order valence-corrected chi connectivity index (χ0v) is 19.4. The van der Waals surface area contributed by atoms with E-state index in [-0.39, 0.29) is 5.56 Å². The summed E-state index contributed by atoms with van der Waals surface area (Å²) in [6.45, 7) is 4.57. The van der Waals surface area contributed by atoms with E-state index in [0.29, 0.717) is 29.4 Å². The van der Waals surface area contributed by atoms with Gasteiger partial charge in [0.2, 0.25) is 5.88 Å². The topological polar surface area (TPSA) is 85.4 Å². The number of benzene rings is 3. The lowest BCUT2D eigenvalue weighted by atomic mass is 9.99. The largest absolute Gasteiger partial charge is 0.478 e. The number of aromatic nitrogens is 1. The number of carbonyl (C=O) groups is 1. The van der Waals surface area contributed by atoms with Crippen molar-refractivity contribution in [3.63, 3.8) is 0 Å². The van der Waals surface area contributed by atoms with Crippen LogP contribution in [-0.2, 0) is 13.0 Å². The fourth-order valence-corrected chi connectivity index (χ4v) is 4.03. The van der Waals surface area contributed by atoms with Crippen LogP contribution in [0, 0.1) is 6.92 Å². The number of rotatable bonds is 8. The number of nitrogens with zero attached hydrogens (tertiary/aromatic N) is 1. The lowest BCUT2D eigenvalue weighted by Crippen LogP contribution is -2.02. The number of ether oxygens (including phenoxy) is 1. The van der Waals surface area contributed by atoms with Crippen molar-refractivity contribution in [3.8, 4) is 34.0 Å². The number of aromatic carboxylic acids is 1. The Hall–Kier alpha value is -3.96. The molecule has 4 aromatic rings. The van der Waals surface area contributed by atoms with Gasteiger partial charge in [-0.2, -0.15) is 0 Å². The van der Waals surface area contributed by atoms with Gasteiger partial charge in [-0.05, 0) is 71.5 Å². The molecule has 3 aromatic carbocycles. The zero-order valence-electron chi connectivity index (χ0n) is 19.4. The van der Waals surface area contributed by atoms with Crippen LogP contribution in [0.2, 0.25) is 0 Å². The third-order valence-corrected chi connectivity index (χ3v) is 5.62. The first-order valence-electron chi connectivity index (χ1n) is 11.4. The van der Waals surface area contributed by atoms with Gasteiger partial charge in [0.05, 0.1) is 11.3 Å². The highest BCUT2D eigenvalue weighted by Crippen LogP contribution is 2.31. The van der Waals surface area contributed by atoms with Crippen molar-refractivity contribution >= 4 is 5.97 Å². The summed E-state index contributed by atoms with van der Waals surface area (Å²) in [5.74, 6) is 0.0948. The van der Waals surface area contributed by atoms with Gasteiger partial charge in [0.15, 0.2) is 0 Å². The number of nitrogens with two attached hydrogens (primary N) is 1. The molecule has 5 nitrogen and oxygen atoms in total. The van der Waals surface area contributed by atoms with Gasteiger partial charge in [-0.1, -0.05) is 55.8 Å². The maximum absolute atomic E-state index is 11.9. The van der Waals surface area contributed by atoms with Crippen LogP contribution in [-0.4, -0.2) is 16.1 Å². The normalized spacial score (nSPS) is 10.8. The SMILES string of the molecule is CCCc1ccc(-c2cccc(Oc3cc(C)cc(-c4cccc(CN)c4)c3)n2)c(C(=O)O)c1. The second kappa shape index (κ2) is 10.3. The number of aryl methyl sites for hydroxylation is 2. The molecule has 3 N–H and O–H groups in total. The zero-order chi connectivity index (χ0) is 24.1. The number of hydrogen-bond acceptors (Lipinski definition) is 4. The molecule has 0 bridgehead atoms. The summed E-state index contributed by atoms with van der Waals surface area (Å²) in [4.78, 5) is 16.5. The Morgan fingerprint density at radius 3 is 2.53 bits per heavy atom. The van der Waals surface area contributed by atoms with Crippen molar-refractivity contribution in [3.05, 3.63) is 101 Å². The third-order valence-electron chi connectivity index (χ3n) is 5.62. The van der Waals surface area contributed by atoms with Crippen LogP contribution in [0.4, 0.5) is 0 Å². The van der Waals surface area contributed by atoms with Crippen molar-refractivity contribution < 1.29 is 14.6 Å². The van der Waals surface area contributed by atoms with Gasteiger partial charge < -0.3 is 15.6 Å². The second-order valence-corrected chi connectivity index (χ2v) is 8.34. The van der Waals surface area contributed by atoms with Crippen LogP contribution in [0.15, 0.2) is 78.9 Å². The highest BCUT2D eigenvalue weighted by molar-refractivity contribution is 5.95. The molecule has 0 fully saturated rings. The average Bonchev–Trinajstić information content (AvgIpc) is 2.84. The quantitative estimate of drug-likeness (QED) is 0.313. The first kappa shape index (κ1) is 23.2. The minimum absolute atomic E-state index is 0.244. The van der Waals surface area contributed by atoms with Gasteiger partial charge in [-0.3, -0.25) is 0 Å². The number of carboxylic acids is 1. The van der Waals surface area contributed by atoms with E-state index in [2.05, 4.69) is 24.0 Å². The molecule has 0 atom stereocenters. The van der Waals surface area contributed by atoms with Gasteiger partial charge in [0.1, 0.15) is 5.75 Å². The summed E-state index contributed by atoms with van der Waals surface area (Å²) in [5, 5.41) is 9.76. The molecule has 34 heavy (non-hydrogen) atoms. The summed E-state index contributed by atoms with van der Waals surface area (Å²) in [5.41, 5.74) is 12.4. The maximum atomic E-state index is 11.9. The van der Waals surface area contributed by atoms with E-state index in [9.17, 15) is 9.90 Å². The van der Waals surface area contributed by atoms with Gasteiger partial charge in [0.25, 0.3) is 0 Å². The minimum Gasteiger partial charge on any atom is -0.478 e. The van der Waals surface area contributed by atoms with E-state index in [1.165, 1.54) is 0 Å². The molecule has 0 saturated heterocycles. The van der Waals surface area contributed by atoms with Crippen LogP contribution in [0.3, 0.4) is 0 Å². The van der Waals surface area contributed by atoms with Gasteiger partial charge in [-0.15, -0.1) is 0 Å². The van der Waals surface area contributed by atoms with Crippen molar-refractivity contribution in [2.75, 3.05) is 0 Å². The van der Waals surface area contributed by atoms with Crippen LogP contribution in [0.1, 0.15) is 40.4 Å². The van der Waals surface area contributed by atoms with Crippen LogP contribution in [0.5, 0.6) is 11.6 Å². The molecule has 4 rings (SSSR count). The lowest BCUT2D eigenvalue weighted by molar-refractivity contribution is 0.0697. The molecule has 0 radical (unpaired) electrons. The van der Waals surface area contributed by atoms with Crippen molar-refractivity contribution in [1.82, 2.24) is 4.98 Å². The van der Waals surface area contributed by atoms with Gasteiger partial charge in [0, 0.05) is 18.2 Å². The van der Waals surface area contributed by atoms with Crippen molar-refractivity contribution in [1.29, 1.82) is 0 Å². The Morgan fingerprint density at radius 1 is 0.941 bits per heavy atom. The smallest absolute Gasteiger partial charge is 0.336 e. The molecule has 0 aliphatic carbocycles. The van der Waals surface area contributed by atoms with E-state index >= 15 is 0 Å². The summed E-state index contributed by atoms with van der Waals surface area (Å²) < 4.78 is 6.12. The third kappa shape index (κ3) is 5.33. The molecule has 0 aliphatic heterocycles. The minimum atomic E-state index is -0.968. The first-order valence-corrected chi connectivity index (χ1v) is 11.4. The molecule has 0 amide bonds. The fourth-order valence-electron chi connectivity index (χ4n) is 4.03. The second-order valence-electron chi connectivity index (χ2n) is 8.34. The Morgan fingerprint density at radius 2 is 1.76 bits per heavy atom. The highest BCUT2D eigenvalue weighted by atomic mass is 16.5. The number of pyridine rings is 1. The molecule has 1 aromatic heterocycles. The summed E-state index contributed by atoms with van der Waals surface area (Å²) in [6, 6.07) is 25.1. The van der Waals surface area contributed by atoms with E-state index < -0.39 is 5.97 Å². The molecule has 172 valence electrons. The van der Waals surface area contributed by atoms with Crippen LogP contribution in [0.25, 0.3) is 22.4 Å². The van der Waals surface area contributed by atoms with Gasteiger partial charge >= 0.3 is 5.97 Å². The molecule has 0 aliphatic rings. The van der Waals surface area contributed by atoms with Crippen LogP contribution < -0.4 is 10.5 Å². The number of hydrogen-bond donors (Lipinski definition) is 2. The Bertz CT molecular complexity index is 1330. The molecule has 0 spiro atoms. The molecule has 0 unspecified atom stereocenters. The highest BCUT2D eigenvalue weighted by Gasteiger charge is 2.15. The molecular formula is C29H28N2O3. The standard InChI is InChI=1S/C29H28N2O3/c1-3-6-20-11-12-25(26(16-20)29(32)33)27-9-5-10-28(31-27)34-24-14-19(2)13-23(17-24)22-8-4-7-21(15-22)18-30/h4-5,7-17H,3,6,18,30H2,1-2H3,(H,32,33). The van der Waals surface area contributed by atoms with E-state index in [1.54, 1.807) is 18.2 Å². The van der Waals surface area contributed by atoms with E-state index in [0.717, 1.165) is 40.7 Å². The molecule has 1 heterocycles. The predicted molar refractivity (Wildman–Crippen MR) is 135 cm³/mol. The molecular weight excluding hydrogens is 424 g/mol. The number of carboxylic acid groups (broad SMARTS) is 1. The van der Waals surface area contributed by atoms with E-state index in [4.69, 9.17) is 10.5 Å². The predicted octanol–water partition coefficient (Wildman–Crippen LogP) is 6.63. The average molecular weight is 453 g/mol. The Balaban J connectivity index is 1.66. The molecule has 5 heteroatoms. The Labute approximate surface area is 199 Å². The van der Waals surface area contributed by atoms with Crippen LogP contribution >= 0.6 is 0 Å². The fraction of sp³-hybridized carbons (Fsp3) is 0.172. The van der Waals surface area contributed by atoms with Crippen molar-refractivity contribution in [2.45, 2.75) is 33.2 Å². The summed E-state index contributed by atoms with van der Waals surface area (Å²) in [7, 11) is 0. The Kier molecular flexibility index (Phi) is 7.04. The maximum Gasteiger partial charge on any atom is 0.336 e.